The van der Waals surface area contributed by atoms with E-state index in [0.717, 1.165) is 42.8 Å². The Labute approximate surface area is 149 Å². The summed E-state index contributed by atoms with van der Waals surface area (Å²) in [4.78, 5) is 14.6. The quantitative estimate of drug-likeness (QED) is 0.906. The number of carbonyl (C=O) groups excluding carboxylic acids is 1. The van der Waals surface area contributed by atoms with E-state index < -0.39 is 0 Å². The summed E-state index contributed by atoms with van der Waals surface area (Å²) >= 11 is 0. The van der Waals surface area contributed by atoms with Crippen LogP contribution >= 0.6 is 0 Å². The average molecular weight is 342 g/mol. The Kier molecular flexibility index (Phi) is 5.43. The lowest BCUT2D eigenvalue weighted by molar-refractivity contribution is 0.0884. The minimum atomic E-state index is -0.146. The van der Waals surface area contributed by atoms with Crippen molar-refractivity contribution in [2.24, 2.45) is 0 Å². The van der Waals surface area contributed by atoms with Crippen molar-refractivity contribution >= 4 is 5.91 Å². The highest BCUT2D eigenvalue weighted by Gasteiger charge is 2.20. The van der Waals surface area contributed by atoms with Gasteiger partial charge in [0.25, 0.3) is 5.91 Å². The van der Waals surface area contributed by atoms with Gasteiger partial charge in [-0.15, -0.1) is 0 Å². The fourth-order valence-electron chi connectivity index (χ4n) is 3.16. The van der Waals surface area contributed by atoms with Gasteiger partial charge in [-0.1, -0.05) is 6.07 Å². The summed E-state index contributed by atoms with van der Waals surface area (Å²) in [6.45, 7) is 6.41. The van der Waals surface area contributed by atoms with Crippen LogP contribution in [-0.2, 0) is 6.61 Å². The Hall–Kier alpha value is -2.27. The Bertz CT molecular complexity index is 710. The molecule has 2 heterocycles. The lowest BCUT2D eigenvalue weighted by Crippen LogP contribution is -2.43. The van der Waals surface area contributed by atoms with Gasteiger partial charge in [0.05, 0.1) is 0 Å². The lowest BCUT2D eigenvalue weighted by Gasteiger charge is -2.29. The molecule has 25 heavy (non-hydrogen) atoms. The fraction of sp³-hybridized carbons (Fsp3) is 0.450. The number of nitrogens with zero attached hydrogens (tertiary/aromatic N) is 1. The molecule has 0 bridgehead atoms. The minimum Gasteiger partial charge on any atom is -0.486 e. The first-order chi connectivity index (χ1) is 12.0. The molecule has 0 atom stereocenters. The van der Waals surface area contributed by atoms with Gasteiger partial charge in [-0.05, 0) is 82.2 Å². The third-order valence-corrected chi connectivity index (χ3v) is 4.52. The van der Waals surface area contributed by atoms with Crippen molar-refractivity contribution in [1.82, 2.24) is 10.2 Å². The first kappa shape index (κ1) is 17.5. The van der Waals surface area contributed by atoms with Crippen LogP contribution in [0, 0.1) is 13.8 Å². The van der Waals surface area contributed by atoms with Crippen molar-refractivity contribution in [1.29, 1.82) is 0 Å². The molecule has 1 aliphatic rings. The van der Waals surface area contributed by atoms with E-state index in [1.54, 1.807) is 12.1 Å². The Morgan fingerprint density at radius 3 is 2.56 bits per heavy atom. The topological polar surface area (TPSA) is 54.7 Å². The number of hydrogen-bond acceptors (Lipinski definition) is 4. The standard InChI is InChI=1S/C20H26N2O3/c1-14-10-15(2)12-18(11-14)24-13-17-4-5-19(25-17)20(23)21-16-6-8-22(3)9-7-16/h4-5,10-12,16H,6-9,13H2,1-3H3,(H,21,23). The smallest absolute Gasteiger partial charge is 0.287 e. The number of furan rings is 1. The maximum absolute atomic E-state index is 12.3. The zero-order valence-electron chi connectivity index (χ0n) is 15.2. The van der Waals surface area contributed by atoms with Crippen molar-refractivity contribution in [3.05, 3.63) is 53.0 Å². The zero-order valence-corrected chi connectivity index (χ0v) is 15.2. The molecule has 5 nitrogen and oxygen atoms in total. The average Bonchev–Trinajstić information content (AvgIpc) is 3.03. The van der Waals surface area contributed by atoms with E-state index in [0.29, 0.717) is 18.1 Å². The number of aryl methyl sites for hydroxylation is 2. The highest BCUT2D eigenvalue weighted by molar-refractivity contribution is 5.91. The van der Waals surface area contributed by atoms with Gasteiger partial charge < -0.3 is 19.4 Å². The van der Waals surface area contributed by atoms with Crippen LogP contribution in [0.25, 0.3) is 0 Å². The molecular weight excluding hydrogens is 316 g/mol. The fourth-order valence-corrected chi connectivity index (χ4v) is 3.16. The predicted octanol–water partition coefficient (Wildman–Crippen LogP) is 3.30. The van der Waals surface area contributed by atoms with E-state index in [9.17, 15) is 4.79 Å². The molecule has 1 N–H and O–H groups in total. The summed E-state index contributed by atoms with van der Waals surface area (Å²) in [5.41, 5.74) is 2.32. The number of nitrogens with one attached hydrogen (secondary N) is 1. The number of amides is 1. The first-order valence-electron chi connectivity index (χ1n) is 8.79. The van der Waals surface area contributed by atoms with Gasteiger partial charge in [0.1, 0.15) is 18.1 Å². The second-order valence-electron chi connectivity index (χ2n) is 6.93. The highest BCUT2D eigenvalue weighted by atomic mass is 16.5. The Morgan fingerprint density at radius 1 is 1.20 bits per heavy atom. The molecule has 1 aliphatic heterocycles. The summed E-state index contributed by atoms with van der Waals surface area (Å²) in [6.07, 6.45) is 1.96. The monoisotopic (exact) mass is 342 g/mol. The third-order valence-electron chi connectivity index (χ3n) is 4.52. The van der Waals surface area contributed by atoms with Crippen LogP contribution in [0.5, 0.6) is 5.75 Å². The zero-order chi connectivity index (χ0) is 17.8. The number of ether oxygens (including phenoxy) is 1. The van der Waals surface area contributed by atoms with Crippen LogP contribution in [0.15, 0.2) is 34.7 Å². The van der Waals surface area contributed by atoms with Crippen molar-refractivity contribution in [3.8, 4) is 5.75 Å². The van der Waals surface area contributed by atoms with Crippen molar-refractivity contribution in [2.75, 3.05) is 20.1 Å². The molecule has 3 rings (SSSR count). The molecule has 1 amide bonds. The maximum Gasteiger partial charge on any atom is 0.287 e. The van der Waals surface area contributed by atoms with E-state index in [4.69, 9.17) is 9.15 Å². The van der Waals surface area contributed by atoms with Gasteiger partial charge in [0, 0.05) is 6.04 Å². The highest BCUT2D eigenvalue weighted by Crippen LogP contribution is 2.19. The molecular formula is C20H26N2O3. The number of rotatable bonds is 5. The molecule has 0 radical (unpaired) electrons. The normalized spacial score (nSPS) is 16.0. The van der Waals surface area contributed by atoms with Gasteiger partial charge in [-0.2, -0.15) is 0 Å². The molecule has 1 aromatic heterocycles. The SMILES string of the molecule is Cc1cc(C)cc(OCc2ccc(C(=O)NC3CCN(C)CC3)o2)c1. The van der Waals surface area contributed by atoms with Crippen LogP contribution in [0.1, 0.15) is 40.3 Å². The van der Waals surface area contributed by atoms with Crippen LogP contribution in [0.4, 0.5) is 0 Å². The van der Waals surface area contributed by atoms with Gasteiger partial charge in [-0.3, -0.25) is 4.79 Å². The number of hydrogen-bond donors (Lipinski definition) is 1. The largest absolute Gasteiger partial charge is 0.486 e. The van der Waals surface area contributed by atoms with E-state index in [2.05, 4.69) is 23.3 Å². The molecule has 1 fully saturated rings. The van der Waals surface area contributed by atoms with E-state index in [-0.39, 0.29) is 11.9 Å². The number of likely N-dealkylation sites (tertiary alicyclic amines) is 1. The summed E-state index contributed by atoms with van der Waals surface area (Å²) in [5.74, 6) is 1.66. The van der Waals surface area contributed by atoms with Crippen LogP contribution in [-0.4, -0.2) is 37.0 Å². The van der Waals surface area contributed by atoms with Gasteiger partial charge in [0.2, 0.25) is 0 Å². The summed E-state index contributed by atoms with van der Waals surface area (Å²) in [5, 5.41) is 3.06. The molecule has 0 aliphatic carbocycles. The molecule has 0 spiro atoms. The predicted molar refractivity (Wildman–Crippen MR) is 96.9 cm³/mol. The Balaban J connectivity index is 1.53. The number of piperidine rings is 1. The van der Waals surface area contributed by atoms with Gasteiger partial charge in [-0.25, -0.2) is 0 Å². The second kappa shape index (κ2) is 7.74. The molecule has 1 saturated heterocycles. The lowest BCUT2D eigenvalue weighted by atomic mass is 10.1. The van der Waals surface area contributed by atoms with E-state index in [1.807, 2.05) is 26.0 Å². The summed E-state index contributed by atoms with van der Waals surface area (Å²) < 4.78 is 11.4. The summed E-state index contributed by atoms with van der Waals surface area (Å²) in [7, 11) is 2.10. The summed E-state index contributed by atoms with van der Waals surface area (Å²) in [6, 6.07) is 9.82. The van der Waals surface area contributed by atoms with E-state index in [1.165, 1.54) is 0 Å². The minimum absolute atomic E-state index is 0.146. The van der Waals surface area contributed by atoms with Gasteiger partial charge in [0.15, 0.2) is 5.76 Å². The van der Waals surface area contributed by atoms with Crippen molar-refractivity contribution in [2.45, 2.75) is 39.3 Å². The van der Waals surface area contributed by atoms with E-state index >= 15 is 0 Å². The van der Waals surface area contributed by atoms with Crippen LogP contribution in [0.3, 0.4) is 0 Å². The van der Waals surface area contributed by atoms with Crippen molar-refractivity contribution in [3.63, 3.8) is 0 Å². The molecule has 0 unspecified atom stereocenters. The molecule has 134 valence electrons. The van der Waals surface area contributed by atoms with Crippen LogP contribution in [0.2, 0.25) is 0 Å². The van der Waals surface area contributed by atoms with Gasteiger partial charge >= 0.3 is 0 Å². The number of benzene rings is 1. The first-order valence-corrected chi connectivity index (χ1v) is 8.79. The number of carbonyl (C=O) groups is 1. The maximum atomic E-state index is 12.3. The molecule has 1 aromatic carbocycles. The van der Waals surface area contributed by atoms with Crippen molar-refractivity contribution < 1.29 is 13.9 Å². The second-order valence-corrected chi connectivity index (χ2v) is 6.93. The Morgan fingerprint density at radius 2 is 1.88 bits per heavy atom. The molecule has 0 saturated carbocycles. The third kappa shape index (κ3) is 4.86. The molecule has 5 heteroatoms. The van der Waals surface area contributed by atoms with Crippen LogP contribution < -0.4 is 10.1 Å². The molecule has 2 aromatic rings.